The number of hydrazone groups is 1. The SMILES string of the molecule is C=CCc1cccc(/C=N/NC(=O)CSc2nc3ccccc3s2)c1O. The number of nitrogens with one attached hydrogen (secondary N) is 1. The Morgan fingerprint density at radius 3 is 2.96 bits per heavy atom. The van der Waals surface area contributed by atoms with Gasteiger partial charge in [-0.2, -0.15) is 5.10 Å². The van der Waals surface area contributed by atoms with Crippen molar-refractivity contribution in [3.63, 3.8) is 0 Å². The number of carbonyl (C=O) groups is 1. The maximum atomic E-state index is 11.9. The number of benzene rings is 2. The lowest BCUT2D eigenvalue weighted by Gasteiger charge is -2.04. The van der Waals surface area contributed by atoms with Crippen molar-refractivity contribution in [3.8, 4) is 5.75 Å². The lowest BCUT2D eigenvalue weighted by Crippen LogP contribution is -2.19. The Morgan fingerprint density at radius 1 is 1.31 bits per heavy atom. The molecule has 3 rings (SSSR count). The summed E-state index contributed by atoms with van der Waals surface area (Å²) in [6.45, 7) is 3.66. The van der Waals surface area contributed by atoms with Crippen LogP contribution in [-0.2, 0) is 11.2 Å². The van der Waals surface area contributed by atoms with Crippen LogP contribution in [-0.4, -0.2) is 28.0 Å². The van der Waals surface area contributed by atoms with Gasteiger partial charge >= 0.3 is 0 Å². The maximum absolute atomic E-state index is 11.9. The van der Waals surface area contributed by atoms with Crippen molar-refractivity contribution in [1.29, 1.82) is 0 Å². The van der Waals surface area contributed by atoms with Gasteiger partial charge in [0.25, 0.3) is 5.91 Å². The van der Waals surface area contributed by atoms with E-state index >= 15 is 0 Å². The Hall–Kier alpha value is -2.64. The van der Waals surface area contributed by atoms with E-state index < -0.39 is 0 Å². The van der Waals surface area contributed by atoms with Crippen molar-refractivity contribution >= 4 is 45.4 Å². The molecule has 3 aromatic rings. The van der Waals surface area contributed by atoms with Crippen molar-refractivity contribution in [2.24, 2.45) is 5.10 Å². The molecule has 0 bridgehead atoms. The fourth-order valence-electron chi connectivity index (χ4n) is 2.28. The lowest BCUT2D eigenvalue weighted by atomic mass is 10.1. The smallest absolute Gasteiger partial charge is 0.250 e. The van der Waals surface area contributed by atoms with Crippen LogP contribution in [0.3, 0.4) is 0 Å². The third-order valence-electron chi connectivity index (χ3n) is 3.51. The van der Waals surface area contributed by atoms with Crippen LogP contribution in [0.25, 0.3) is 10.2 Å². The first-order chi connectivity index (χ1) is 12.7. The van der Waals surface area contributed by atoms with Gasteiger partial charge in [-0.15, -0.1) is 17.9 Å². The molecule has 0 aliphatic carbocycles. The number of aromatic nitrogens is 1. The van der Waals surface area contributed by atoms with E-state index in [-0.39, 0.29) is 17.4 Å². The number of carbonyl (C=O) groups excluding carboxylic acids is 1. The number of amides is 1. The topological polar surface area (TPSA) is 74.6 Å². The van der Waals surface area contributed by atoms with E-state index in [4.69, 9.17) is 0 Å². The highest BCUT2D eigenvalue weighted by Crippen LogP contribution is 2.29. The molecular formula is C19H17N3O2S2. The average molecular weight is 383 g/mol. The van der Waals surface area contributed by atoms with Gasteiger partial charge in [-0.1, -0.05) is 42.1 Å². The summed E-state index contributed by atoms with van der Waals surface area (Å²) >= 11 is 2.93. The monoisotopic (exact) mass is 383 g/mol. The minimum absolute atomic E-state index is 0.147. The van der Waals surface area contributed by atoms with Gasteiger partial charge in [-0.25, -0.2) is 10.4 Å². The first-order valence-electron chi connectivity index (χ1n) is 7.89. The summed E-state index contributed by atoms with van der Waals surface area (Å²) in [6.07, 6.45) is 3.72. The number of thiazole rings is 1. The van der Waals surface area contributed by atoms with Crippen LogP contribution < -0.4 is 5.43 Å². The molecule has 2 aromatic carbocycles. The number of fused-ring (bicyclic) bond motifs is 1. The molecule has 0 radical (unpaired) electrons. The molecule has 0 unspecified atom stereocenters. The molecule has 5 nitrogen and oxygen atoms in total. The molecular weight excluding hydrogens is 366 g/mol. The second-order valence-corrected chi connectivity index (χ2v) is 7.63. The van der Waals surface area contributed by atoms with Crippen LogP contribution in [0.1, 0.15) is 11.1 Å². The van der Waals surface area contributed by atoms with Gasteiger partial charge in [0.1, 0.15) is 5.75 Å². The highest BCUT2D eigenvalue weighted by atomic mass is 32.2. The largest absolute Gasteiger partial charge is 0.507 e. The number of phenols is 1. The predicted octanol–water partition coefficient (Wildman–Crippen LogP) is 3.97. The molecule has 1 amide bonds. The van der Waals surface area contributed by atoms with Crippen molar-refractivity contribution in [2.45, 2.75) is 10.8 Å². The Labute approximate surface area is 159 Å². The fourth-order valence-corrected chi connectivity index (χ4v) is 4.14. The van der Waals surface area contributed by atoms with Crippen LogP contribution in [0.15, 0.2) is 64.6 Å². The van der Waals surface area contributed by atoms with Gasteiger partial charge in [-0.05, 0) is 30.2 Å². The van der Waals surface area contributed by atoms with E-state index in [1.165, 1.54) is 18.0 Å². The predicted molar refractivity (Wildman–Crippen MR) is 108 cm³/mol. The summed E-state index contributed by atoms with van der Waals surface area (Å²) < 4.78 is 1.95. The van der Waals surface area contributed by atoms with Crippen molar-refractivity contribution < 1.29 is 9.90 Å². The van der Waals surface area contributed by atoms with E-state index in [0.717, 1.165) is 20.1 Å². The van der Waals surface area contributed by atoms with E-state index in [1.807, 2.05) is 36.4 Å². The van der Waals surface area contributed by atoms with Crippen LogP contribution in [0.5, 0.6) is 5.75 Å². The van der Waals surface area contributed by atoms with Crippen molar-refractivity contribution in [3.05, 3.63) is 66.2 Å². The fraction of sp³-hybridized carbons (Fsp3) is 0.105. The maximum Gasteiger partial charge on any atom is 0.250 e. The third kappa shape index (κ3) is 4.50. The summed E-state index contributed by atoms with van der Waals surface area (Å²) in [5.41, 5.74) is 4.72. The average Bonchev–Trinajstić information content (AvgIpc) is 3.06. The molecule has 26 heavy (non-hydrogen) atoms. The second-order valence-electron chi connectivity index (χ2n) is 5.38. The summed E-state index contributed by atoms with van der Waals surface area (Å²) in [7, 11) is 0. The second kappa shape index (κ2) is 8.64. The quantitative estimate of drug-likeness (QED) is 0.280. The molecule has 132 valence electrons. The number of aromatic hydroxyl groups is 1. The molecule has 0 saturated heterocycles. The van der Waals surface area contributed by atoms with Crippen molar-refractivity contribution in [1.82, 2.24) is 10.4 Å². The van der Waals surface area contributed by atoms with Gasteiger partial charge in [-0.3, -0.25) is 4.79 Å². The zero-order valence-corrected chi connectivity index (χ0v) is 15.5. The number of thioether (sulfide) groups is 1. The molecule has 7 heteroatoms. The zero-order valence-electron chi connectivity index (χ0n) is 13.9. The third-order valence-corrected chi connectivity index (χ3v) is 5.69. The van der Waals surface area contributed by atoms with Gasteiger partial charge < -0.3 is 5.11 Å². The first kappa shape index (κ1) is 18.2. The van der Waals surface area contributed by atoms with Crippen LogP contribution in [0.4, 0.5) is 0 Å². The number of rotatable bonds is 7. The Bertz CT molecular complexity index is 933. The number of hydrogen-bond donors (Lipinski definition) is 2. The molecule has 0 spiro atoms. The highest BCUT2D eigenvalue weighted by Gasteiger charge is 2.07. The Balaban J connectivity index is 1.54. The molecule has 2 N–H and O–H groups in total. The minimum Gasteiger partial charge on any atom is -0.507 e. The molecule has 0 aliphatic rings. The normalized spacial score (nSPS) is 11.1. The van der Waals surface area contributed by atoms with Gasteiger partial charge in [0, 0.05) is 5.56 Å². The first-order valence-corrected chi connectivity index (χ1v) is 9.69. The van der Waals surface area contributed by atoms with Gasteiger partial charge in [0.15, 0.2) is 4.34 Å². The molecule has 1 aromatic heterocycles. The highest BCUT2D eigenvalue weighted by molar-refractivity contribution is 8.01. The Morgan fingerprint density at radius 2 is 2.15 bits per heavy atom. The van der Waals surface area contributed by atoms with Crippen LogP contribution in [0, 0.1) is 0 Å². The van der Waals surface area contributed by atoms with E-state index in [9.17, 15) is 9.90 Å². The number of para-hydroxylation sites is 2. The van der Waals surface area contributed by atoms with Gasteiger partial charge in [0.2, 0.25) is 0 Å². The Kier molecular flexibility index (Phi) is 6.04. The van der Waals surface area contributed by atoms with E-state index in [0.29, 0.717) is 12.0 Å². The summed E-state index contributed by atoms with van der Waals surface area (Å²) in [6, 6.07) is 13.2. The van der Waals surface area contributed by atoms with Crippen molar-refractivity contribution in [2.75, 3.05) is 5.75 Å². The number of hydrogen-bond acceptors (Lipinski definition) is 6. The summed E-state index contributed by atoms with van der Waals surface area (Å²) in [5, 5.41) is 14.1. The standard InChI is InChI=1S/C19H17N3O2S2/c1-2-6-13-7-5-8-14(18(13)24)11-20-22-17(23)12-25-19-21-15-9-3-4-10-16(15)26-19/h2-5,7-11,24H,1,6,12H2,(H,22,23)/b20-11+. The molecule has 0 fully saturated rings. The zero-order chi connectivity index (χ0) is 18.4. The lowest BCUT2D eigenvalue weighted by molar-refractivity contribution is -0.118. The molecule has 0 saturated carbocycles. The van der Waals surface area contributed by atoms with E-state index in [1.54, 1.807) is 23.5 Å². The molecule has 0 aliphatic heterocycles. The van der Waals surface area contributed by atoms with E-state index in [2.05, 4.69) is 22.1 Å². The van der Waals surface area contributed by atoms with Crippen LogP contribution in [0.2, 0.25) is 0 Å². The molecule has 1 heterocycles. The van der Waals surface area contributed by atoms with Gasteiger partial charge in [0.05, 0.1) is 22.2 Å². The minimum atomic E-state index is -0.229. The molecule has 0 atom stereocenters. The number of allylic oxidation sites excluding steroid dienone is 1. The number of phenolic OH excluding ortho intramolecular Hbond substituents is 1. The van der Waals surface area contributed by atoms with Crippen LogP contribution >= 0.6 is 23.1 Å². The number of nitrogens with zero attached hydrogens (tertiary/aromatic N) is 2. The summed E-state index contributed by atoms with van der Waals surface area (Å²) in [5.74, 6) is 0.140. The summed E-state index contributed by atoms with van der Waals surface area (Å²) in [4.78, 5) is 16.4.